The first kappa shape index (κ1) is 20.8. The molecule has 2 atom stereocenters. The number of carbonyl (C=O) groups excluding carboxylic acids is 1. The van der Waals surface area contributed by atoms with E-state index < -0.39 is 17.8 Å². The van der Waals surface area contributed by atoms with Gasteiger partial charge < -0.3 is 20.4 Å². The molecule has 1 aliphatic heterocycles. The number of pyridine rings is 1. The normalized spacial score (nSPS) is 19.7. The third-order valence-corrected chi connectivity index (χ3v) is 4.73. The lowest BCUT2D eigenvalue weighted by molar-refractivity contribution is -0.137. The van der Waals surface area contributed by atoms with Crippen LogP contribution in [0.25, 0.3) is 11.2 Å². The molecule has 0 radical (unpaired) electrons. The number of halogens is 3. The lowest BCUT2D eigenvalue weighted by Crippen LogP contribution is -2.71. The van der Waals surface area contributed by atoms with Crippen LogP contribution >= 0.6 is 0 Å². The van der Waals surface area contributed by atoms with Crippen LogP contribution in [0.1, 0.15) is 26.3 Å². The number of nitrogen functional groups attached to an aromatic ring is 1. The first-order chi connectivity index (χ1) is 13.5. The highest BCUT2D eigenvalue weighted by Gasteiger charge is 2.48. The fraction of sp³-hybridized carbons (Fsp3) is 0.529. The minimum absolute atomic E-state index is 0.0337. The van der Waals surface area contributed by atoms with Crippen molar-refractivity contribution in [3.8, 4) is 0 Å². The molecule has 0 bridgehead atoms. The van der Waals surface area contributed by atoms with Gasteiger partial charge in [-0.1, -0.05) is 20.8 Å². The van der Waals surface area contributed by atoms with E-state index in [1.54, 1.807) is 0 Å². The second kappa shape index (κ2) is 7.17. The number of nitrogens with two attached hydrogens (primary N) is 1. The van der Waals surface area contributed by atoms with Crippen molar-refractivity contribution in [1.82, 2.24) is 20.3 Å². The molecule has 9 nitrogen and oxygen atoms in total. The third kappa shape index (κ3) is 3.97. The summed E-state index contributed by atoms with van der Waals surface area (Å²) in [6.07, 6.45) is -4.37. The van der Waals surface area contributed by atoms with Crippen LogP contribution in [-0.2, 0) is 10.9 Å². The Morgan fingerprint density at radius 3 is 2.55 bits per heavy atom. The minimum Gasteiger partial charge on any atom is -0.453 e. The van der Waals surface area contributed by atoms with Gasteiger partial charge in [0.1, 0.15) is 5.52 Å². The molecule has 0 spiro atoms. The molecule has 2 unspecified atom stereocenters. The molecular formula is C17H22F3N7O2. The summed E-state index contributed by atoms with van der Waals surface area (Å²) in [6, 6.07) is 0.472. The van der Waals surface area contributed by atoms with Crippen LogP contribution in [-0.4, -0.2) is 46.8 Å². The summed E-state index contributed by atoms with van der Waals surface area (Å²) >= 11 is 0. The highest BCUT2D eigenvalue weighted by molar-refractivity contribution is 5.79. The molecule has 1 saturated heterocycles. The number of ether oxygens (including phenoxy) is 1. The van der Waals surface area contributed by atoms with Gasteiger partial charge in [0.2, 0.25) is 0 Å². The Morgan fingerprint density at radius 1 is 1.31 bits per heavy atom. The van der Waals surface area contributed by atoms with E-state index in [1.165, 1.54) is 7.11 Å². The average molecular weight is 413 g/mol. The van der Waals surface area contributed by atoms with E-state index in [0.717, 1.165) is 12.3 Å². The van der Waals surface area contributed by atoms with Crippen molar-refractivity contribution in [2.24, 2.45) is 11.3 Å². The van der Waals surface area contributed by atoms with E-state index in [9.17, 15) is 18.0 Å². The number of amides is 1. The predicted octanol–water partition coefficient (Wildman–Crippen LogP) is 2.29. The molecule has 3 heterocycles. The van der Waals surface area contributed by atoms with E-state index in [-0.39, 0.29) is 34.5 Å². The molecule has 3 rings (SSSR count). The standard InChI is InChI=1S/C17H22F3N7O2/c1-16(2,3)11-10(24-15(28)29-4)7-27(11)14-13(26-21)23-9-5-8(17(18,19)20)6-22-12(9)25-14/h5-6,10-11H,7,21H2,1-4H3,(H,23,26)(H,24,28). The average Bonchev–Trinajstić information content (AvgIpc) is 2.60. The quantitative estimate of drug-likeness (QED) is 0.518. The van der Waals surface area contributed by atoms with Crippen LogP contribution in [0.4, 0.5) is 29.6 Å². The van der Waals surface area contributed by atoms with Crippen LogP contribution < -0.4 is 21.5 Å². The van der Waals surface area contributed by atoms with Crippen LogP contribution in [0.15, 0.2) is 12.3 Å². The molecule has 2 aromatic rings. The summed E-state index contributed by atoms with van der Waals surface area (Å²) in [5, 5.41) is 2.78. The summed E-state index contributed by atoms with van der Waals surface area (Å²) < 4.78 is 43.5. The number of hydrogen-bond donors (Lipinski definition) is 3. The molecule has 4 N–H and O–H groups in total. The Bertz CT molecular complexity index is 930. The number of anilines is 2. The van der Waals surface area contributed by atoms with Gasteiger partial charge in [0.15, 0.2) is 17.3 Å². The van der Waals surface area contributed by atoms with Gasteiger partial charge in [-0.05, 0) is 11.5 Å². The number of hydrogen-bond acceptors (Lipinski definition) is 8. The minimum atomic E-state index is -4.54. The number of alkyl halides is 3. The monoisotopic (exact) mass is 413 g/mol. The van der Waals surface area contributed by atoms with Gasteiger partial charge in [0.05, 0.1) is 24.8 Å². The zero-order valence-corrected chi connectivity index (χ0v) is 16.3. The number of hydrazine groups is 1. The second-order valence-electron chi connectivity index (χ2n) is 7.81. The highest BCUT2D eigenvalue weighted by atomic mass is 19.4. The number of nitrogens with zero attached hydrogens (tertiary/aromatic N) is 4. The van der Waals surface area contributed by atoms with Gasteiger partial charge in [-0.3, -0.25) is 0 Å². The molecule has 0 aromatic carbocycles. The molecule has 1 amide bonds. The number of alkyl carbamates (subject to hydrolysis) is 1. The van der Waals surface area contributed by atoms with Crippen LogP contribution in [0.5, 0.6) is 0 Å². The largest absolute Gasteiger partial charge is 0.453 e. The number of fused-ring (bicyclic) bond motifs is 1. The van der Waals surface area contributed by atoms with Crippen LogP contribution in [0.2, 0.25) is 0 Å². The molecule has 0 aliphatic carbocycles. The van der Waals surface area contributed by atoms with E-state index in [1.807, 2.05) is 25.7 Å². The first-order valence-electron chi connectivity index (χ1n) is 8.78. The zero-order chi connectivity index (χ0) is 21.6. The molecule has 0 saturated carbocycles. The Labute approximate surface area is 164 Å². The maximum Gasteiger partial charge on any atom is 0.417 e. The van der Waals surface area contributed by atoms with Gasteiger partial charge in [0.25, 0.3) is 0 Å². The van der Waals surface area contributed by atoms with Gasteiger partial charge >= 0.3 is 12.3 Å². The summed E-state index contributed by atoms with van der Waals surface area (Å²) in [6.45, 7) is 6.38. The molecule has 1 fully saturated rings. The van der Waals surface area contributed by atoms with E-state index >= 15 is 0 Å². The first-order valence-corrected chi connectivity index (χ1v) is 8.78. The molecule has 2 aromatic heterocycles. The van der Waals surface area contributed by atoms with Crippen molar-refractivity contribution in [1.29, 1.82) is 0 Å². The fourth-order valence-electron chi connectivity index (χ4n) is 3.52. The third-order valence-electron chi connectivity index (χ3n) is 4.73. The Kier molecular flexibility index (Phi) is 5.15. The number of rotatable bonds is 3. The molecule has 29 heavy (non-hydrogen) atoms. The van der Waals surface area contributed by atoms with Crippen molar-refractivity contribution >= 4 is 28.9 Å². The number of carbonyl (C=O) groups is 1. The van der Waals surface area contributed by atoms with Crippen molar-refractivity contribution in [3.05, 3.63) is 17.8 Å². The Morgan fingerprint density at radius 2 is 2.00 bits per heavy atom. The lowest BCUT2D eigenvalue weighted by atomic mass is 9.76. The van der Waals surface area contributed by atoms with Crippen LogP contribution in [0.3, 0.4) is 0 Å². The zero-order valence-electron chi connectivity index (χ0n) is 16.3. The smallest absolute Gasteiger partial charge is 0.417 e. The SMILES string of the molecule is COC(=O)NC1CN(c2nc3ncc(C(F)(F)F)cc3nc2NN)C1C(C)(C)C. The van der Waals surface area contributed by atoms with E-state index in [0.29, 0.717) is 12.4 Å². The summed E-state index contributed by atoms with van der Waals surface area (Å²) in [4.78, 5) is 25.9. The number of methoxy groups -OCH3 is 1. The molecule has 158 valence electrons. The molecular weight excluding hydrogens is 391 g/mol. The Balaban J connectivity index is 2.01. The maximum atomic E-state index is 12.9. The van der Waals surface area contributed by atoms with Crippen molar-refractivity contribution < 1.29 is 22.7 Å². The van der Waals surface area contributed by atoms with E-state index in [4.69, 9.17) is 5.84 Å². The summed E-state index contributed by atoms with van der Waals surface area (Å²) in [7, 11) is 1.28. The van der Waals surface area contributed by atoms with Crippen LogP contribution in [0, 0.1) is 5.41 Å². The van der Waals surface area contributed by atoms with E-state index in [2.05, 4.69) is 30.4 Å². The summed E-state index contributed by atoms with van der Waals surface area (Å²) in [5.41, 5.74) is 1.22. The molecule has 12 heteroatoms. The van der Waals surface area contributed by atoms with Gasteiger partial charge in [-0.25, -0.2) is 25.6 Å². The Hall–Kier alpha value is -2.89. The van der Waals surface area contributed by atoms with Crippen molar-refractivity contribution in [2.75, 3.05) is 24.0 Å². The van der Waals surface area contributed by atoms with Crippen molar-refractivity contribution in [2.45, 2.75) is 39.0 Å². The predicted molar refractivity (Wildman–Crippen MR) is 100 cm³/mol. The number of aromatic nitrogens is 3. The van der Waals surface area contributed by atoms with Crippen molar-refractivity contribution in [3.63, 3.8) is 0 Å². The van der Waals surface area contributed by atoms with Gasteiger partial charge in [-0.15, -0.1) is 0 Å². The topological polar surface area (TPSA) is 118 Å². The second-order valence-corrected chi connectivity index (χ2v) is 7.81. The lowest BCUT2D eigenvalue weighted by Gasteiger charge is -2.54. The number of nitrogens with one attached hydrogen (secondary N) is 2. The van der Waals surface area contributed by atoms with Gasteiger partial charge in [0, 0.05) is 12.7 Å². The summed E-state index contributed by atoms with van der Waals surface area (Å²) in [5.74, 6) is 6.02. The molecule has 1 aliphatic rings. The van der Waals surface area contributed by atoms with Gasteiger partial charge in [-0.2, -0.15) is 13.2 Å². The fourth-order valence-corrected chi connectivity index (χ4v) is 3.52. The highest BCUT2D eigenvalue weighted by Crippen LogP contribution is 2.40. The maximum absolute atomic E-state index is 12.9.